The monoisotopic (exact) mass is 254 g/mol. The number of aryl methyl sites for hydroxylation is 1. The van der Waals surface area contributed by atoms with Crippen LogP contribution < -0.4 is 5.32 Å². The minimum atomic E-state index is 0.601. The highest BCUT2D eigenvalue weighted by Crippen LogP contribution is 2.17. The van der Waals surface area contributed by atoms with Crippen LogP contribution in [0.3, 0.4) is 0 Å². The molecule has 0 spiro atoms. The first-order valence-corrected chi connectivity index (χ1v) is 6.92. The van der Waals surface area contributed by atoms with Gasteiger partial charge in [0.2, 0.25) is 0 Å². The Balaban J connectivity index is 1.72. The van der Waals surface area contributed by atoms with Gasteiger partial charge in [-0.3, -0.25) is 4.98 Å². The average molecular weight is 254 g/mol. The first kappa shape index (κ1) is 13.8. The molecule has 100 valence electrons. The summed E-state index contributed by atoms with van der Waals surface area (Å²) in [5.74, 6) is 0.601. The molecule has 0 aliphatic heterocycles. The van der Waals surface area contributed by atoms with Crippen LogP contribution in [0.2, 0.25) is 0 Å². The van der Waals surface area contributed by atoms with Gasteiger partial charge in [-0.05, 0) is 42.5 Å². The van der Waals surface area contributed by atoms with Crippen molar-refractivity contribution in [2.45, 2.75) is 32.7 Å². The maximum atomic E-state index is 4.21. The van der Waals surface area contributed by atoms with Crippen LogP contribution >= 0.6 is 0 Å². The second-order valence-corrected chi connectivity index (χ2v) is 5.15. The summed E-state index contributed by atoms with van der Waals surface area (Å²) in [6, 6.07) is 12.9. The molecule has 0 bridgehead atoms. The number of benzene rings is 1. The van der Waals surface area contributed by atoms with Crippen molar-refractivity contribution in [3.05, 3.63) is 65.5 Å². The molecular weight excluding hydrogens is 232 g/mol. The molecule has 1 aromatic carbocycles. The first-order chi connectivity index (χ1) is 9.25. The van der Waals surface area contributed by atoms with Gasteiger partial charge in [-0.15, -0.1) is 0 Å². The molecule has 1 N–H and O–H groups in total. The van der Waals surface area contributed by atoms with Crippen molar-refractivity contribution in [1.82, 2.24) is 10.3 Å². The van der Waals surface area contributed by atoms with Crippen LogP contribution in [0, 0.1) is 6.92 Å². The normalized spacial score (nSPS) is 12.3. The first-order valence-electron chi connectivity index (χ1n) is 6.92. The van der Waals surface area contributed by atoms with E-state index in [0.29, 0.717) is 5.92 Å². The van der Waals surface area contributed by atoms with Crippen LogP contribution in [0.1, 0.15) is 36.0 Å². The number of hydrogen-bond donors (Lipinski definition) is 1. The van der Waals surface area contributed by atoms with E-state index in [0.717, 1.165) is 19.5 Å². The molecule has 0 radical (unpaired) electrons. The van der Waals surface area contributed by atoms with E-state index in [2.05, 4.69) is 60.5 Å². The fourth-order valence-corrected chi connectivity index (χ4v) is 2.21. The highest BCUT2D eigenvalue weighted by Gasteiger charge is 2.03. The quantitative estimate of drug-likeness (QED) is 0.796. The summed E-state index contributed by atoms with van der Waals surface area (Å²) < 4.78 is 0. The largest absolute Gasteiger partial charge is 0.313 e. The minimum absolute atomic E-state index is 0.601. The zero-order chi connectivity index (χ0) is 13.5. The van der Waals surface area contributed by atoms with Crippen molar-refractivity contribution in [3.63, 3.8) is 0 Å². The lowest BCUT2D eigenvalue weighted by molar-refractivity contribution is 0.593. The molecule has 0 saturated carbocycles. The molecule has 2 aromatic rings. The molecule has 2 heteroatoms. The summed E-state index contributed by atoms with van der Waals surface area (Å²) in [4.78, 5) is 4.21. The number of rotatable bonds is 6. The van der Waals surface area contributed by atoms with Crippen molar-refractivity contribution in [1.29, 1.82) is 0 Å². The van der Waals surface area contributed by atoms with E-state index in [1.54, 1.807) is 0 Å². The zero-order valence-corrected chi connectivity index (χ0v) is 11.8. The number of hydrogen-bond acceptors (Lipinski definition) is 2. The zero-order valence-electron chi connectivity index (χ0n) is 11.8. The van der Waals surface area contributed by atoms with Crippen LogP contribution in [-0.2, 0) is 6.54 Å². The van der Waals surface area contributed by atoms with E-state index in [1.807, 2.05) is 12.4 Å². The molecule has 1 atom stereocenters. The van der Waals surface area contributed by atoms with Gasteiger partial charge in [-0.2, -0.15) is 0 Å². The van der Waals surface area contributed by atoms with Crippen LogP contribution in [-0.4, -0.2) is 11.5 Å². The summed E-state index contributed by atoms with van der Waals surface area (Å²) >= 11 is 0. The lowest BCUT2D eigenvalue weighted by Gasteiger charge is -2.12. The summed E-state index contributed by atoms with van der Waals surface area (Å²) in [6.07, 6.45) is 4.98. The highest BCUT2D eigenvalue weighted by atomic mass is 14.8. The van der Waals surface area contributed by atoms with Crippen molar-refractivity contribution in [2.24, 2.45) is 0 Å². The maximum absolute atomic E-state index is 4.21. The third-order valence-electron chi connectivity index (χ3n) is 3.38. The number of nitrogens with one attached hydrogen (secondary N) is 1. The van der Waals surface area contributed by atoms with Crippen molar-refractivity contribution in [2.75, 3.05) is 6.54 Å². The molecular formula is C17H22N2. The summed E-state index contributed by atoms with van der Waals surface area (Å²) in [5.41, 5.74) is 3.89. The molecule has 19 heavy (non-hydrogen) atoms. The molecule has 1 heterocycles. The van der Waals surface area contributed by atoms with Gasteiger partial charge < -0.3 is 5.32 Å². The molecule has 0 saturated heterocycles. The Morgan fingerprint density at radius 3 is 2.68 bits per heavy atom. The van der Waals surface area contributed by atoms with E-state index < -0.39 is 0 Å². The summed E-state index contributed by atoms with van der Waals surface area (Å²) in [6.45, 7) is 6.29. The standard InChI is InChI=1S/C17H22N2/c1-14-10-16(13-19-11-14)12-18-9-8-15(2)17-6-4-3-5-7-17/h3-7,10-11,13,15,18H,8-9,12H2,1-2H3. The number of pyridine rings is 1. The molecule has 2 rings (SSSR count). The second kappa shape index (κ2) is 7.05. The van der Waals surface area contributed by atoms with Crippen LogP contribution in [0.4, 0.5) is 0 Å². The van der Waals surface area contributed by atoms with E-state index in [-0.39, 0.29) is 0 Å². The van der Waals surface area contributed by atoms with Crippen molar-refractivity contribution < 1.29 is 0 Å². The Kier molecular flexibility index (Phi) is 5.10. The molecule has 0 amide bonds. The maximum Gasteiger partial charge on any atom is 0.0313 e. The van der Waals surface area contributed by atoms with E-state index in [1.165, 1.54) is 16.7 Å². The number of nitrogens with zero attached hydrogens (tertiary/aromatic N) is 1. The van der Waals surface area contributed by atoms with Crippen LogP contribution in [0.5, 0.6) is 0 Å². The Morgan fingerprint density at radius 2 is 1.95 bits per heavy atom. The van der Waals surface area contributed by atoms with Gasteiger partial charge in [0.1, 0.15) is 0 Å². The van der Waals surface area contributed by atoms with Crippen molar-refractivity contribution in [3.8, 4) is 0 Å². The smallest absolute Gasteiger partial charge is 0.0313 e. The molecule has 0 aliphatic carbocycles. The third kappa shape index (κ3) is 4.49. The fraction of sp³-hybridized carbons (Fsp3) is 0.353. The predicted molar refractivity (Wildman–Crippen MR) is 80.2 cm³/mol. The predicted octanol–water partition coefficient (Wildman–Crippen LogP) is 3.67. The van der Waals surface area contributed by atoms with E-state index >= 15 is 0 Å². The lowest BCUT2D eigenvalue weighted by Crippen LogP contribution is -2.16. The van der Waals surface area contributed by atoms with Gasteiger partial charge in [0, 0.05) is 18.9 Å². The van der Waals surface area contributed by atoms with Crippen LogP contribution in [0.15, 0.2) is 48.8 Å². The second-order valence-electron chi connectivity index (χ2n) is 5.15. The minimum Gasteiger partial charge on any atom is -0.313 e. The van der Waals surface area contributed by atoms with Gasteiger partial charge in [-0.1, -0.05) is 43.3 Å². The molecule has 2 nitrogen and oxygen atoms in total. The van der Waals surface area contributed by atoms with Gasteiger partial charge in [0.05, 0.1) is 0 Å². The number of aromatic nitrogens is 1. The van der Waals surface area contributed by atoms with Crippen molar-refractivity contribution >= 4 is 0 Å². The molecule has 1 aromatic heterocycles. The summed E-state index contributed by atoms with van der Waals surface area (Å²) in [7, 11) is 0. The topological polar surface area (TPSA) is 24.9 Å². The molecule has 0 aliphatic rings. The van der Waals surface area contributed by atoms with Gasteiger partial charge >= 0.3 is 0 Å². The Labute approximate surface area is 115 Å². The van der Waals surface area contributed by atoms with Crippen LogP contribution in [0.25, 0.3) is 0 Å². The van der Waals surface area contributed by atoms with E-state index in [9.17, 15) is 0 Å². The Bertz CT molecular complexity index is 494. The average Bonchev–Trinajstić information content (AvgIpc) is 2.44. The lowest BCUT2D eigenvalue weighted by atomic mass is 9.98. The molecule has 0 fully saturated rings. The Hall–Kier alpha value is -1.67. The third-order valence-corrected chi connectivity index (χ3v) is 3.38. The van der Waals surface area contributed by atoms with E-state index in [4.69, 9.17) is 0 Å². The van der Waals surface area contributed by atoms with Gasteiger partial charge in [0.15, 0.2) is 0 Å². The highest BCUT2D eigenvalue weighted by molar-refractivity contribution is 5.19. The van der Waals surface area contributed by atoms with Gasteiger partial charge in [0.25, 0.3) is 0 Å². The van der Waals surface area contributed by atoms with Gasteiger partial charge in [-0.25, -0.2) is 0 Å². The fourth-order valence-electron chi connectivity index (χ4n) is 2.21. The Morgan fingerprint density at radius 1 is 1.16 bits per heavy atom. The summed E-state index contributed by atoms with van der Waals surface area (Å²) in [5, 5.41) is 3.49. The molecule has 1 unspecified atom stereocenters. The SMILES string of the molecule is Cc1cncc(CNCCC(C)c2ccccc2)c1.